The number of hydrogen-bond acceptors (Lipinski definition) is 2. The van der Waals surface area contributed by atoms with Crippen molar-refractivity contribution in [2.24, 2.45) is 0 Å². The first kappa shape index (κ1) is 13.3. The van der Waals surface area contributed by atoms with Crippen molar-refractivity contribution in [3.8, 4) is 11.8 Å². The third-order valence-electron chi connectivity index (χ3n) is 3.82. The molecule has 0 fully saturated rings. The van der Waals surface area contributed by atoms with Crippen LogP contribution >= 0.6 is 0 Å². The van der Waals surface area contributed by atoms with Crippen LogP contribution in [0.4, 0.5) is 0 Å². The fourth-order valence-corrected chi connectivity index (χ4v) is 2.77. The molecule has 1 N–H and O–H groups in total. The van der Waals surface area contributed by atoms with Crippen molar-refractivity contribution in [3.63, 3.8) is 0 Å². The van der Waals surface area contributed by atoms with Crippen molar-refractivity contribution in [1.82, 2.24) is 5.32 Å². The predicted molar refractivity (Wildman–Crippen MR) is 88.2 cm³/mol. The molecule has 1 heterocycles. The molecular weight excluding hydrogens is 286 g/mol. The molecule has 0 aliphatic carbocycles. The van der Waals surface area contributed by atoms with Crippen LogP contribution in [-0.2, 0) is 0 Å². The summed E-state index contributed by atoms with van der Waals surface area (Å²) in [5.74, 6) is 5.45. The summed E-state index contributed by atoms with van der Waals surface area (Å²) in [5.41, 5.74) is 2.68. The van der Waals surface area contributed by atoms with Crippen LogP contribution in [0.5, 0.6) is 0 Å². The van der Waals surface area contributed by atoms with Gasteiger partial charge in [-0.1, -0.05) is 42.2 Å². The van der Waals surface area contributed by atoms with E-state index in [1.165, 1.54) is 0 Å². The molecule has 4 rings (SSSR count). The standard InChI is InChI=1S/C20H11NO2/c22-19-16-8-4-7-15-11-14(10-9-13-5-2-1-3-6-13)12-17(18(15)16)20(23)21-19/h1-8,11-12H,(H,21,22,23). The fourth-order valence-electron chi connectivity index (χ4n) is 2.77. The van der Waals surface area contributed by atoms with E-state index in [2.05, 4.69) is 17.2 Å². The molecule has 3 nitrogen and oxygen atoms in total. The van der Waals surface area contributed by atoms with Crippen LogP contribution in [0.1, 0.15) is 31.8 Å². The lowest BCUT2D eigenvalue weighted by Crippen LogP contribution is -2.34. The SMILES string of the molecule is O=C1NC(=O)c2cc(C#Cc3ccccc3)cc3cccc1c23. The van der Waals surface area contributed by atoms with E-state index >= 15 is 0 Å². The van der Waals surface area contributed by atoms with Crippen molar-refractivity contribution in [3.05, 3.63) is 82.9 Å². The van der Waals surface area contributed by atoms with Gasteiger partial charge in [-0.15, -0.1) is 0 Å². The topological polar surface area (TPSA) is 46.2 Å². The number of amides is 2. The van der Waals surface area contributed by atoms with Gasteiger partial charge in [-0.3, -0.25) is 14.9 Å². The van der Waals surface area contributed by atoms with Gasteiger partial charge in [0, 0.05) is 27.6 Å². The second-order valence-electron chi connectivity index (χ2n) is 5.33. The minimum absolute atomic E-state index is 0.351. The monoisotopic (exact) mass is 297 g/mol. The minimum atomic E-state index is -0.373. The van der Waals surface area contributed by atoms with Gasteiger partial charge >= 0.3 is 0 Å². The summed E-state index contributed by atoms with van der Waals surface area (Å²) in [6, 6.07) is 18.7. The minimum Gasteiger partial charge on any atom is -0.288 e. The number of imide groups is 1. The second-order valence-corrected chi connectivity index (χ2v) is 5.33. The molecule has 0 aromatic heterocycles. The van der Waals surface area contributed by atoms with Crippen LogP contribution in [0.3, 0.4) is 0 Å². The number of nitrogens with one attached hydrogen (secondary N) is 1. The highest BCUT2D eigenvalue weighted by molar-refractivity contribution is 6.25. The van der Waals surface area contributed by atoms with E-state index in [4.69, 9.17) is 0 Å². The van der Waals surface area contributed by atoms with Crippen molar-refractivity contribution in [1.29, 1.82) is 0 Å². The average Bonchev–Trinajstić information content (AvgIpc) is 2.58. The van der Waals surface area contributed by atoms with E-state index in [1.807, 2.05) is 48.5 Å². The molecule has 0 unspecified atom stereocenters. The first-order valence-corrected chi connectivity index (χ1v) is 7.22. The Morgan fingerprint density at radius 2 is 1.43 bits per heavy atom. The number of benzene rings is 3. The summed E-state index contributed by atoms with van der Waals surface area (Å²) in [6.07, 6.45) is 0. The number of carbonyl (C=O) groups excluding carboxylic acids is 2. The summed E-state index contributed by atoms with van der Waals surface area (Å²) >= 11 is 0. The van der Waals surface area contributed by atoms with Gasteiger partial charge in [0.25, 0.3) is 11.8 Å². The molecule has 0 spiro atoms. The van der Waals surface area contributed by atoms with Crippen LogP contribution < -0.4 is 5.32 Å². The Hall–Kier alpha value is -3.38. The normalized spacial score (nSPS) is 12.5. The van der Waals surface area contributed by atoms with Gasteiger partial charge in [-0.25, -0.2) is 0 Å². The van der Waals surface area contributed by atoms with E-state index in [-0.39, 0.29) is 11.8 Å². The highest BCUT2D eigenvalue weighted by Gasteiger charge is 2.24. The quantitative estimate of drug-likeness (QED) is 0.512. The van der Waals surface area contributed by atoms with Gasteiger partial charge in [0.1, 0.15) is 0 Å². The Labute approximate surface area is 132 Å². The van der Waals surface area contributed by atoms with Crippen LogP contribution in [0.2, 0.25) is 0 Å². The summed E-state index contributed by atoms with van der Waals surface area (Å²) in [5, 5.41) is 3.92. The Kier molecular flexibility index (Phi) is 2.96. The van der Waals surface area contributed by atoms with E-state index in [1.54, 1.807) is 12.1 Å². The Morgan fingerprint density at radius 1 is 0.696 bits per heavy atom. The zero-order chi connectivity index (χ0) is 15.8. The van der Waals surface area contributed by atoms with Crippen LogP contribution in [0, 0.1) is 11.8 Å². The lowest BCUT2D eigenvalue weighted by Gasteiger charge is -2.16. The highest BCUT2D eigenvalue weighted by Crippen LogP contribution is 2.27. The largest absolute Gasteiger partial charge is 0.288 e. The zero-order valence-corrected chi connectivity index (χ0v) is 12.1. The molecule has 0 radical (unpaired) electrons. The Balaban J connectivity index is 1.91. The lowest BCUT2D eigenvalue weighted by atomic mass is 9.93. The maximum Gasteiger partial charge on any atom is 0.258 e. The van der Waals surface area contributed by atoms with Gasteiger partial charge in [-0.05, 0) is 35.7 Å². The molecule has 1 aliphatic rings. The van der Waals surface area contributed by atoms with Crippen LogP contribution in [-0.4, -0.2) is 11.8 Å². The smallest absolute Gasteiger partial charge is 0.258 e. The second kappa shape index (κ2) is 5.11. The maximum atomic E-state index is 12.1. The van der Waals surface area contributed by atoms with E-state index in [9.17, 15) is 9.59 Å². The molecular formula is C20H11NO2. The van der Waals surface area contributed by atoms with E-state index in [0.29, 0.717) is 16.5 Å². The molecule has 3 heteroatoms. The molecule has 0 bridgehead atoms. The van der Waals surface area contributed by atoms with Crippen molar-refractivity contribution in [2.45, 2.75) is 0 Å². The molecule has 0 saturated carbocycles. The summed E-state index contributed by atoms with van der Waals surface area (Å²) < 4.78 is 0. The van der Waals surface area contributed by atoms with Crippen molar-refractivity contribution < 1.29 is 9.59 Å². The van der Waals surface area contributed by atoms with Crippen molar-refractivity contribution >= 4 is 22.6 Å². The zero-order valence-electron chi connectivity index (χ0n) is 12.1. The molecule has 0 atom stereocenters. The number of hydrogen-bond donors (Lipinski definition) is 1. The summed E-state index contributed by atoms with van der Waals surface area (Å²) in [6.45, 7) is 0. The molecule has 3 aromatic rings. The van der Waals surface area contributed by atoms with Gasteiger partial charge in [-0.2, -0.15) is 0 Å². The van der Waals surface area contributed by atoms with Crippen LogP contribution in [0.15, 0.2) is 60.7 Å². The number of rotatable bonds is 0. The predicted octanol–water partition coefficient (Wildman–Crippen LogP) is 3.12. The van der Waals surface area contributed by atoms with Gasteiger partial charge in [0.15, 0.2) is 0 Å². The maximum absolute atomic E-state index is 12.1. The molecule has 3 aromatic carbocycles. The molecule has 0 saturated heterocycles. The highest BCUT2D eigenvalue weighted by atomic mass is 16.2. The molecule has 108 valence electrons. The van der Waals surface area contributed by atoms with Crippen LogP contribution in [0.25, 0.3) is 10.8 Å². The van der Waals surface area contributed by atoms with Gasteiger partial charge in [0.05, 0.1) is 0 Å². The third-order valence-corrected chi connectivity index (χ3v) is 3.82. The van der Waals surface area contributed by atoms with Gasteiger partial charge < -0.3 is 0 Å². The molecule has 2 amide bonds. The van der Waals surface area contributed by atoms with E-state index < -0.39 is 0 Å². The van der Waals surface area contributed by atoms with Gasteiger partial charge in [0.2, 0.25) is 0 Å². The first-order valence-electron chi connectivity index (χ1n) is 7.22. The molecule has 23 heavy (non-hydrogen) atoms. The first-order chi connectivity index (χ1) is 11.2. The Morgan fingerprint density at radius 3 is 2.26 bits per heavy atom. The van der Waals surface area contributed by atoms with E-state index in [0.717, 1.165) is 16.5 Å². The lowest BCUT2D eigenvalue weighted by molar-refractivity contribution is 0.0845. The fraction of sp³-hybridized carbons (Fsp3) is 0. The Bertz CT molecular complexity index is 1020. The average molecular weight is 297 g/mol. The third kappa shape index (κ3) is 2.27. The summed E-state index contributed by atoms with van der Waals surface area (Å²) in [4.78, 5) is 24.0. The molecule has 1 aliphatic heterocycles. The van der Waals surface area contributed by atoms with Crippen molar-refractivity contribution in [2.75, 3.05) is 0 Å². The summed E-state index contributed by atoms with van der Waals surface area (Å²) in [7, 11) is 0. The number of carbonyl (C=O) groups is 2.